The van der Waals surface area contributed by atoms with E-state index in [1.54, 1.807) is 12.0 Å². The quantitative estimate of drug-likeness (QED) is 0.613. The van der Waals surface area contributed by atoms with Gasteiger partial charge in [-0.3, -0.25) is 14.5 Å². The van der Waals surface area contributed by atoms with Gasteiger partial charge in [-0.1, -0.05) is 33.8 Å². The van der Waals surface area contributed by atoms with E-state index >= 15 is 0 Å². The minimum absolute atomic E-state index is 0.0783. The van der Waals surface area contributed by atoms with E-state index in [4.69, 9.17) is 9.73 Å². The molecule has 0 aromatic heterocycles. The van der Waals surface area contributed by atoms with E-state index in [1.807, 2.05) is 50.2 Å². The number of nitrogens with zero attached hydrogens (tertiary/aromatic N) is 2. The predicted octanol–water partition coefficient (Wildman–Crippen LogP) is 4.67. The largest absolute Gasteiger partial charge is 0.383 e. The van der Waals surface area contributed by atoms with Gasteiger partial charge in [0.15, 0.2) is 5.17 Å². The zero-order valence-corrected chi connectivity index (χ0v) is 19.5. The number of thioether (sulfide) groups is 1. The lowest BCUT2D eigenvalue weighted by molar-refractivity contribution is -0.128. The topological polar surface area (TPSA) is 71.0 Å². The first kappa shape index (κ1) is 22.5. The van der Waals surface area contributed by atoms with Gasteiger partial charge in [-0.25, -0.2) is 4.99 Å². The van der Waals surface area contributed by atoms with Crippen LogP contribution in [0.4, 0.5) is 11.4 Å². The molecule has 2 aromatic carbocycles. The van der Waals surface area contributed by atoms with Crippen LogP contribution < -0.4 is 5.32 Å². The van der Waals surface area contributed by atoms with Crippen molar-refractivity contribution < 1.29 is 14.3 Å². The summed E-state index contributed by atoms with van der Waals surface area (Å²) >= 11 is 4.70. The molecule has 1 N–H and O–H groups in total. The molecule has 0 aliphatic carbocycles. The molecular weight excluding hydrogens is 466 g/mol. The Kier molecular flexibility index (Phi) is 7.69. The van der Waals surface area contributed by atoms with E-state index in [0.717, 1.165) is 21.3 Å². The minimum atomic E-state index is -0.512. The third-order valence-electron chi connectivity index (χ3n) is 4.47. The smallest absolute Gasteiger partial charge is 0.242 e. The number of hydrogen-bond acceptors (Lipinski definition) is 5. The highest BCUT2D eigenvalue weighted by Crippen LogP contribution is 2.32. The standard InChI is InChI=1S/C22H24BrN3O3S/c1-14-10-15(2)12-18(11-14)25-22-26(8-9-29-3)21(28)19(30-22)13-20(27)24-17-6-4-16(23)5-7-17/h4-7,10-12,19H,8-9,13H2,1-3H3,(H,24,27). The fraction of sp³-hybridized carbons (Fsp3) is 0.318. The Morgan fingerprint density at radius 1 is 1.20 bits per heavy atom. The summed E-state index contributed by atoms with van der Waals surface area (Å²) in [6.45, 7) is 4.83. The molecule has 0 radical (unpaired) electrons. The van der Waals surface area contributed by atoms with Crippen molar-refractivity contribution >= 4 is 56.0 Å². The van der Waals surface area contributed by atoms with Crippen molar-refractivity contribution in [3.05, 3.63) is 58.1 Å². The number of aliphatic imine (C=N–C) groups is 1. The summed E-state index contributed by atoms with van der Waals surface area (Å²) in [5, 5.41) is 2.93. The van der Waals surface area contributed by atoms with E-state index in [2.05, 4.69) is 27.3 Å². The molecule has 1 aliphatic heterocycles. The highest BCUT2D eigenvalue weighted by Gasteiger charge is 2.39. The monoisotopic (exact) mass is 489 g/mol. The lowest BCUT2D eigenvalue weighted by atomic mass is 10.1. The maximum Gasteiger partial charge on any atom is 0.242 e. The van der Waals surface area contributed by atoms with E-state index in [1.165, 1.54) is 11.8 Å². The number of hydrogen-bond donors (Lipinski definition) is 1. The molecule has 1 heterocycles. The molecule has 0 saturated carbocycles. The number of halogens is 1. The van der Waals surface area contributed by atoms with E-state index < -0.39 is 5.25 Å². The molecule has 1 fully saturated rings. The van der Waals surface area contributed by atoms with Gasteiger partial charge in [0, 0.05) is 23.7 Å². The van der Waals surface area contributed by atoms with E-state index in [-0.39, 0.29) is 18.2 Å². The Hall–Kier alpha value is -2.16. The third kappa shape index (κ3) is 5.93. The van der Waals surface area contributed by atoms with E-state index in [9.17, 15) is 9.59 Å². The van der Waals surface area contributed by atoms with Crippen molar-refractivity contribution in [3.63, 3.8) is 0 Å². The van der Waals surface area contributed by atoms with Gasteiger partial charge >= 0.3 is 0 Å². The second kappa shape index (κ2) is 10.2. The van der Waals surface area contributed by atoms with Gasteiger partial charge in [0.05, 0.1) is 18.8 Å². The number of carbonyl (C=O) groups is 2. The number of rotatable bonds is 7. The maximum atomic E-state index is 13.0. The number of benzene rings is 2. The summed E-state index contributed by atoms with van der Waals surface area (Å²) < 4.78 is 6.09. The lowest BCUT2D eigenvalue weighted by Crippen LogP contribution is -2.35. The normalized spacial score (nSPS) is 17.6. The molecule has 1 atom stereocenters. The molecule has 1 saturated heterocycles. The van der Waals surface area contributed by atoms with Gasteiger partial charge in [-0.15, -0.1) is 0 Å². The van der Waals surface area contributed by atoms with Crippen LogP contribution in [0.1, 0.15) is 17.5 Å². The van der Waals surface area contributed by atoms with Crippen molar-refractivity contribution in [2.24, 2.45) is 4.99 Å². The average molecular weight is 490 g/mol. The lowest BCUT2D eigenvalue weighted by Gasteiger charge is -2.16. The Labute approximate surface area is 189 Å². The predicted molar refractivity (Wildman–Crippen MR) is 125 cm³/mol. The molecule has 0 bridgehead atoms. The number of amides is 2. The minimum Gasteiger partial charge on any atom is -0.383 e. The SMILES string of the molecule is COCCN1C(=O)C(CC(=O)Nc2ccc(Br)cc2)SC1=Nc1cc(C)cc(C)c1. The van der Waals surface area contributed by atoms with Crippen LogP contribution in [0.25, 0.3) is 0 Å². The second-order valence-electron chi connectivity index (χ2n) is 7.09. The number of amidine groups is 1. The summed E-state index contributed by atoms with van der Waals surface area (Å²) in [6.07, 6.45) is 0.0783. The molecule has 0 spiro atoms. The van der Waals surface area contributed by atoms with Gasteiger partial charge in [-0.05, 0) is 61.4 Å². The van der Waals surface area contributed by atoms with Gasteiger partial charge in [0.1, 0.15) is 5.25 Å². The van der Waals surface area contributed by atoms with Crippen molar-refractivity contribution in [2.75, 3.05) is 25.6 Å². The van der Waals surface area contributed by atoms with Gasteiger partial charge in [0.2, 0.25) is 11.8 Å². The zero-order chi connectivity index (χ0) is 21.7. The molecule has 2 amide bonds. The van der Waals surface area contributed by atoms with Gasteiger partial charge in [0.25, 0.3) is 0 Å². The molecule has 1 aliphatic rings. The maximum absolute atomic E-state index is 13.0. The number of ether oxygens (including phenoxy) is 1. The molecule has 8 heteroatoms. The van der Waals surface area contributed by atoms with E-state index in [0.29, 0.717) is 24.0 Å². The van der Waals surface area contributed by atoms with Gasteiger partial charge < -0.3 is 10.1 Å². The number of methoxy groups -OCH3 is 1. The molecule has 2 aromatic rings. The first-order valence-corrected chi connectivity index (χ1v) is 11.2. The third-order valence-corrected chi connectivity index (χ3v) is 6.17. The van der Waals surface area contributed by atoms with Crippen LogP contribution in [0.2, 0.25) is 0 Å². The Bertz CT molecular complexity index is 942. The summed E-state index contributed by atoms with van der Waals surface area (Å²) in [5.74, 6) is -0.325. The Morgan fingerprint density at radius 2 is 1.87 bits per heavy atom. The fourth-order valence-electron chi connectivity index (χ4n) is 3.15. The van der Waals surface area contributed by atoms with Gasteiger partial charge in [-0.2, -0.15) is 0 Å². The molecule has 158 valence electrons. The Balaban J connectivity index is 1.75. The van der Waals surface area contributed by atoms with Crippen LogP contribution in [-0.4, -0.2) is 47.4 Å². The first-order valence-electron chi connectivity index (χ1n) is 9.55. The summed E-state index contributed by atoms with van der Waals surface area (Å²) in [6, 6.07) is 13.4. The van der Waals surface area contributed by atoms with Crippen molar-refractivity contribution in [3.8, 4) is 0 Å². The van der Waals surface area contributed by atoms with Crippen molar-refractivity contribution in [1.29, 1.82) is 0 Å². The second-order valence-corrected chi connectivity index (χ2v) is 9.17. The van der Waals surface area contributed by atoms with Crippen LogP contribution in [0.3, 0.4) is 0 Å². The average Bonchev–Trinajstić information content (AvgIpc) is 2.95. The number of carbonyl (C=O) groups excluding carboxylic acids is 2. The zero-order valence-electron chi connectivity index (χ0n) is 17.1. The highest BCUT2D eigenvalue weighted by atomic mass is 79.9. The first-order chi connectivity index (χ1) is 14.4. The molecule has 6 nitrogen and oxygen atoms in total. The summed E-state index contributed by atoms with van der Waals surface area (Å²) in [7, 11) is 1.59. The summed E-state index contributed by atoms with van der Waals surface area (Å²) in [4.78, 5) is 31.8. The number of nitrogens with one attached hydrogen (secondary N) is 1. The molecular formula is C22H24BrN3O3S. The Morgan fingerprint density at radius 3 is 2.50 bits per heavy atom. The molecule has 30 heavy (non-hydrogen) atoms. The summed E-state index contributed by atoms with van der Waals surface area (Å²) in [5.41, 5.74) is 3.71. The molecule has 1 unspecified atom stereocenters. The van der Waals surface area contributed by atoms with Crippen LogP contribution in [0, 0.1) is 13.8 Å². The number of anilines is 1. The highest BCUT2D eigenvalue weighted by molar-refractivity contribution is 9.10. The van der Waals surface area contributed by atoms with Crippen LogP contribution in [0.5, 0.6) is 0 Å². The van der Waals surface area contributed by atoms with Crippen LogP contribution in [0.15, 0.2) is 51.9 Å². The van der Waals surface area contributed by atoms with Crippen LogP contribution in [-0.2, 0) is 14.3 Å². The van der Waals surface area contributed by atoms with Crippen molar-refractivity contribution in [2.45, 2.75) is 25.5 Å². The molecule has 3 rings (SSSR count). The number of aryl methyl sites for hydroxylation is 2. The van der Waals surface area contributed by atoms with Crippen LogP contribution >= 0.6 is 27.7 Å². The van der Waals surface area contributed by atoms with Crippen molar-refractivity contribution in [1.82, 2.24) is 4.90 Å². The fourth-order valence-corrected chi connectivity index (χ4v) is 4.60.